The zero-order chi connectivity index (χ0) is 17.0. The van der Waals surface area contributed by atoms with Gasteiger partial charge in [-0.2, -0.15) is 0 Å². The number of carbonyl (C=O) groups excluding carboxylic acids is 1. The zero-order valence-electron chi connectivity index (χ0n) is 15.7. The summed E-state index contributed by atoms with van der Waals surface area (Å²) in [7, 11) is 0. The Hall–Kier alpha value is -0.770. The monoisotopic (exact) mass is 324 g/mol. The molecule has 0 heterocycles. The van der Waals surface area contributed by atoms with Crippen molar-refractivity contribution >= 4 is 6.09 Å². The summed E-state index contributed by atoms with van der Waals surface area (Å²) >= 11 is 0. The molecule has 23 heavy (non-hydrogen) atoms. The van der Waals surface area contributed by atoms with Gasteiger partial charge in [0, 0.05) is 18.6 Å². The molecular formula is C19H36N2O2. The lowest BCUT2D eigenvalue weighted by Crippen LogP contribution is -2.48. The SMILES string of the molecule is CC1CCC(NC2CCCC2CNC(=O)OC(C)(C)C)C(C)C1. The van der Waals surface area contributed by atoms with Crippen LogP contribution in [0, 0.1) is 17.8 Å². The van der Waals surface area contributed by atoms with Crippen molar-refractivity contribution < 1.29 is 9.53 Å². The number of hydrogen-bond acceptors (Lipinski definition) is 3. The van der Waals surface area contributed by atoms with Gasteiger partial charge in [-0.05, 0) is 70.6 Å². The lowest BCUT2D eigenvalue weighted by molar-refractivity contribution is 0.0516. The molecule has 0 radical (unpaired) electrons. The molecule has 2 aliphatic carbocycles. The Morgan fingerprint density at radius 2 is 1.83 bits per heavy atom. The second-order valence-electron chi connectivity index (χ2n) is 8.85. The van der Waals surface area contributed by atoms with Crippen LogP contribution in [0.1, 0.15) is 73.1 Å². The average molecular weight is 325 g/mol. The van der Waals surface area contributed by atoms with E-state index in [-0.39, 0.29) is 6.09 Å². The maximum absolute atomic E-state index is 11.8. The molecule has 2 aliphatic rings. The zero-order valence-corrected chi connectivity index (χ0v) is 15.7. The number of amides is 1. The van der Waals surface area contributed by atoms with Crippen LogP contribution in [0.15, 0.2) is 0 Å². The number of carbonyl (C=O) groups is 1. The fraction of sp³-hybridized carbons (Fsp3) is 0.947. The molecule has 1 amide bonds. The smallest absolute Gasteiger partial charge is 0.407 e. The van der Waals surface area contributed by atoms with Crippen LogP contribution < -0.4 is 10.6 Å². The van der Waals surface area contributed by atoms with Gasteiger partial charge in [0.2, 0.25) is 0 Å². The predicted octanol–water partition coefficient (Wildman–Crippen LogP) is 4.09. The minimum absolute atomic E-state index is 0.289. The van der Waals surface area contributed by atoms with E-state index in [0.717, 1.165) is 18.4 Å². The number of nitrogens with one attached hydrogen (secondary N) is 2. The first-order chi connectivity index (χ1) is 10.7. The van der Waals surface area contributed by atoms with Crippen molar-refractivity contribution in [2.24, 2.45) is 17.8 Å². The van der Waals surface area contributed by atoms with Crippen LogP contribution in [0.2, 0.25) is 0 Å². The van der Waals surface area contributed by atoms with Gasteiger partial charge >= 0.3 is 6.09 Å². The molecule has 2 rings (SSSR count). The summed E-state index contributed by atoms with van der Waals surface area (Å²) in [5.41, 5.74) is -0.425. The first kappa shape index (κ1) is 18.6. The summed E-state index contributed by atoms with van der Waals surface area (Å²) in [6.07, 6.45) is 7.38. The maximum Gasteiger partial charge on any atom is 0.407 e. The minimum atomic E-state index is -0.425. The summed E-state index contributed by atoms with van der Waals surface area (Å²) in [5.74, 6) is 2.17. The summed E-state index contributed by atoms with van der Waals surface area (Å²) in [4.78, 5) is 11.8. The number of rotatable bonds is 4. The first-order valence-electron chi connectivity index (χ1n) is 9.47. The number of alkyl carbamates (subject to hydrolysis) is 1. The van der Waals surface area contributed by atoms with Crippen molar-refractivity contribution in [3.63, 3.8) is 0 Å². The van der Waals surface area contributed by atoms with Crippen LogP contribution in [-0.2, 0) is 4.74 Å². The second-order valence-corrected chi connectivity index (χ2v) is 8.85. The topological polar surface area (TPSA) is 50.4 Å². The normalized spacial score (nSPS) is 35.1. The van der Waals surface area contributed by atoms with Crippen molar-refractivity contribution in [3.05, 3.63) is 0 Å². The van der Waals surface area contributed by atoms with Crippen LogP contribution in [0.4, 0.5) is 4.79 Å². The standard InChI is InChI=1S/C19H36N2O2/c1-13-9-10-16(14(2)11-13)21-17-8-6-7-15(17)12-20-18(22)23-19(3,4)5/h13-17,21H,6-12H2,1-5H3,(H,20,22). The molecule has 4 heteroatoms. The molecule has 0 aromatic heterocycles. The van der Waals surface area contributed by atoms with E-state index in [9.17, 15) is 4.79 Å². The van der Waals surface area contributed by atoms with E-state index < -0.39 is 5.60 Å². The number of ether oxygens (including phenoxy) is 1. The van der Waals surface area contributed by atoms with E-state index in [2.05, 4.69) is 24.5 Å². The maximum atomic E-state index is 11.8. The fourth-order valence-electron chi connectivity index (χ4n) is 4.22. The Kier molecular flexibility index (Phi) is 6.35. The molecule has 2 N–H and O–H groups in total. The molecule has 0 spiro atoms. The van der Waals surface area contributed by atoms with E-state index >= 15 is 0 Å². The third-order valence-electron chi connectivity index (χ3n) is 5.43. The van der Waals surface area contributed by atoms with Gasteiger partial charge in [0.15, 0.2) is 0 Å². The predicted molar refractivity (Wildman–Crippen MR) is 94.5 cm³/mol. The first-order valence-corrected chi connectivity index (χ1v) is 9.47. The molecule has 0 aliphatic heterocycles. The van der Waals surface area contributed by atoms with E-state index in [4.69, 9.17) is 4.74 Å². The van der Waals surface area contributed by atoms with E-state index in [1.54, 1.807) is 0 Å². The number of hydrogen-bond donors (Lipinski definition) is 2. The van der Waals surface area contributed by atoms with Gasteiger partial charge in [-0.25, -0.2) is 4.79 Å². The highest BCUT2D eigenvalue weighted by atomic mass is 16.6. The van der Waals surface area contributed by atoms with Gasteiger partial charge < -0.3 is 15.4 Å². The summed E-state index contributed by atoms with van der Waals surface area (Å²) in [6, 6.07) is 1.20. The molecule has 0 aromatic rings. The Bertz CT molecular complexity index is 391. The molecular weight excluding hydrogens is 288 g/mol. The summed E-state index contributed by atoms with van der Waals surface area (Å²) in [6.45, 7) is 11.2. The van der Waals surface area contributed by atoms with Crippen molar-refractivity contribution in [3.8, 4) is 0 Å². The molecule has 2 fully saturated rings. The molecule has 5 atom stereocenters. The highest BCUT2D eigenvalue weighted by Crippen LogP contribution is 2.32. The Morgan fingerprint density at radius 3 is 2.48 bits per heavy atom. The van der Waals surface area contributed by atoms with E-state index in [1.807, 2.05) is 20.8 Å². The highest BCUT2D eigenvalue weighted by Gasteiger charge is 2.33. The third kappa shape index (κ3) is 5.98. The summed E-state index contributed by atoms with van der Waals surface area (Å²) in [5, 5.41) is 6.88. The van der Waals surface area contributed by atoms with Crippen LogP contribution in [-0.4, -0.2) is 30.3 Å². The van der Waals surface area contributed by atoms with Gasteiger partial charge in [-0.1, -0.05) is 20.3 Å². The summed E-state index contributed by atoms with van der Waals surface area (Å²) < 4.78 is 5.34. The minimum Gasteiger partial charge on any atom is -0.444 e. The van der Waals surface area contributed by atoms with Crippen LogP contribution >= 0.6 is 0 Å². The molecule has 5 unspecified atom stereocenters. The van der Waals surface area contributed by atoms with E-state index in [0.29, 0.717) is 18.0 Å². The lowest BCUT2D eigenvalue weighted by Gasteiger charge is -2.36. The van der Waals surface area contributed by atoms with Crippen LogP contribution in [0.3, 0.4) is 0 Å². The van der Waals surface area contributed by atoms with Crippen LogP contribution in [0.5, 0.6) is 0 Å². The van der Waals surface area contributed by atoms with Crippen molar-refractivity contribution in [1.82, 2.24) is 10.6 Å². The second kappa shape index (κ2) is 7.87. The van der Waals surface area contributed by atoms with Gasteiger partial charge in [0.05, 0.1) is 0 Å². The van der Waals surface area contributed by atoms with Crippen molar-refractivity contribution in [2.75, 3.05) is 6.54 Å². The van der Waals surface area contributed by atoms with Gasteiger partial charge in [0.25, 0.3) is 0 Å². The Morgan fingerprint density at radius 1 is 1.09 bits per heavy atom. The van der Waals surface area contributed by atoms with Gasteiger partial charge in [0.1, 0.15) is 5.60 Å². The quantitative estimate of drug-likeness (QED) is 0.819. The average Bonchev–Trinajstić information content (AvgIpc) is 2.85. The van der Waals surface area contributed by atoms with E-state index in [1.165, 1.54) is 38.5 Å². The highest BCUT2D eigenvalue weighted by molar-refractivity contribution is 5.67. The van der Waals surface area contributed by atoms with Crippen molar-refractivity contribution in [1.29, 1.82) is 0 Å². The molecule has 4 nitrogen and oxygen atoms in total. The van der Waals surface area contributed by atoms with Crippen molar-refractivity contribution in [2.45, 2.75) is 90.8 Å². The van der Waals surface area contributed by atoms with Gasteiger partial charge in [-0.3, -0.25) is 0 Å². The Labute approximate surface area is 142 Å². The fourth-order valence-corrected chi connectivity index (χ4v) is 4.22. The third-order valence-corrected chi connectivity index (χ3v) is 5.43. The Balaban J connectivity index is 1.78. The molecule has 134 valence electrons. The lowest BCUT2D eigenvalue weighted by atomic mass is 9.79. The van der Waals surface area contributed by atoms with Crippen LogP contribution in [0.25, 0.3) is 0 Å². The molecule has 0 bridgehead atoms. The molecule has 0 saturated heterocycles. The van der Waals surface area contributed by atoms with Gasteiger partial charge in [-0.15, -0.1) is 0 Å². The molecule has 2 saturated carbocycles. The largest absolute Gasteiger partial charge is 0.444 e. The molecule has 0 aromatic carbocycles.